The van der Waals surface area contributed by atoms with Crippen LogP contribution in [0.1, 0.15) is 53.4 Å². The fourth-order valence-corrected chi connectivity index (χ4v) is 2.77. The molecule has 1 saturated carbocycles. The molecule has 1 amide bonds. The summed E-state index contributed by atoms with van der Waals surface area (Å²) in [5.41, 5.74) is -0.338. The first-order valence-corrected chi connectivity index (χ1v) is 7.88. The Morgan fingerprint density at radius 2 is 1.90 bits per heavy atom. The summed E-state index contributed by atoms with van der Waals surface area (Å²) in [6.45, 7) is 9.35. The maximum Gasteiger partial charge on any atom is 0.226 e. The molecule has 0 aromatic heterocycles. The van der Waals surface area contributed by atoms with Crippen molar-refractivity contribution >= 4 is 5.91 Å². The summed E-state index contributed by atoms with van der Waals surface area (Å²) >= 11 is 0. The van der Waals surface area contributed by atoms with E-state index >= 15 is 0 Å². The fraction of sp³-hybridized carbons (Fsp3) is 0.938. The highest BCUT2D eigenvalue weighted by atomic mass is 16.5. The number of ether oxygens (including phenoxy) is 1. The van der Waals surface area contributed by atoms with Gasteiger partial charge in [0.05, 0.1) is 12.7 Å². The average Bonchev–Trinajstić information content (AvgIpc) is 2.89. The summed E-state index contributed by atoms with van der Waals surface area (Å²) in [6, 6.07) is 0. The molecule has 0 heterocycles. The van der Waals surface area contributed by atoms with E-state index in [2.05, 4.69) is 19.2 Å². The lowest BCUT2D eigenvalue weighted by atomic mass is 9.77. The van der Waals surface area contributed by atoms with Gasteiger partial charge >= 0.3 is 0 Å². The number of carbonyl (C=O) groups is 1. The van der Waals surface area contributed by atoms with E-state index in [0.717, 1.165) is 12.8 Å². The van der Waals surface area contributed by atoms with Gasteiger partial charge in [-0.25, -0.2) is 0 Å². The highest BCUT2D eigenvalue weighted by Crippen LogP contribution is 2.39. The number of nitrogens with one attached hydrogen (secondary N) is 1. The van der Waals surface area contributed by atoms with E-state index < -0.39 is 6.10 Å². The molecule has 1 rings (SSSR count). The van der Waals surface area contributed by atoms with Gasteiger partial charge in [0.15, 0.2) is 0 Å². The first-order valence-electron chi connectivity index (χ1n) is 7.88. The Hall–Kier alpha value is -0.610. The van der Waals surface area contributed by atoms with Crippen LogP contribution in [0.15, 0.2) is 0 Å². The minimum absolute atomic E-state index is 0.0484. The van der Waals surface area contributed by atoms with Crippen molar-refractivity contribution < 1.29 is 14.6 Å². The molecule has 0 aromatic carbocycles. The van der Waals surface area contributed by atoms with Gasteiger partial charge in [0, 0.05) is 18.6 Å². The predicted molar refractivity (Wildman–Crippen MR) is 80.4 cm³/mol. The monoisotopic (exact) mass is 285 g/mol. The second-order valence-corrected chi connectivity index (χ2v) is 7.00. The standard InChI is InChI=1S/C16H31NO3/c1-12(2)10-20-11-14(18)9-17-15(19)16(3,4)13-7-5-6-8-13/h12-14,18H,5-11H2,1-4H3,(H,17,19). The van der Waals surface area contributed by atoms with Crippen LogP contribution >= 0.6 is 0 Å². The summed E-state index contributed by atoms with van der Waals surface area (Å²) < 4.78 is 5.37. The molecule has 0 aliphatic heterocycles. The molecule has 4 nitrogen and oxygen atoms in total. The molecule has 0 spiro atoms. The van der Waals surface area contributed by atoms with E-state index in [1.807, 2.05) is 13.8 Å². The van der Waals surface area contributed by atoms with Crippen LogP contribution in [0.5, 0.6) is 0 Å². The highest BCUT2D eigenvalue weighted by molar-refractivity contribution is 5.82. The maximum absolute atomic E-state index is 12.3. The SMILES string of the molecule is CC(C)COCC(O)CNC(=O)C(C)(C)C1CCCC1. The molecule has 1 unspecified atom stereocenters. The number of aliphatic hydroxyl groups excluding tert-OH is 1. The molecule has 0 saturated heterocycles. The van der Waals surface area contributed by atoms with Crippen LogP contribution < -0.4 is 5.32 Å². The smallest absolute Gasteiger partial charge is 0.226 e. The molecular weight excluding hydrogens is 254 g/mol. The second kappa shape index (κ2) is 7.99. The summed E-state index contributed by atoms with van der Waals surface area (Å²) in [6.07, 6.45) is 4.11. The van der Waals surface area contributed by atoms with E-state index in [0.29, 0.717) is 18.4 Å². The van der Waals surface area contributed by atoms with E-state index in [1.165, 1.54) is 12.8 Å². The molecule has 1 aliphatic rings. The third kappa shape index (κ3) is 5.41. The Morgan fingerprint density at radius 3 is 2.45 bits per heavy atom. The first kappa shape index (κ1) is 17.4. The molecule has 20 heavy (non-hydrogen) atoms. The lowest BCUT2D eigenvalue weighted by Gasteiger charge is -2.30. The number of aliphatic hydroxyl groups is 1. The quantitative estimate of drug-likeness (QED) is 0.720. The Kier molecular flexibility index (Phi) is 6.96. The zero-order valence-corrected chi connectivity index (χ0v) is 13.4. The van der Waals surface area contributed by atoms with Gasteiger partial charge in [0.2, 0.25) is 5.91 Å². The van der Waals surface area contributed by atoms with Crippen LogP contribution in [0, 0.1) is 17.3 Å². The van der Waals surface area contributed by atoms with Crippen molar-refractivity contribution in [3.05, 3.63) is 0 Å². The van der Waals surface area contributed by atoms with Gasteiger partial charge < -0.3 is 15.2 Å². The van der Waals surface area contributed by atoms with Gasteiger partial charge in [-0.2, -0.15) is 0 Å². The summed E-state index contributed by atoms with van der Waals surface area (Å²) in [4.78, 5) is 12.3. The minimum Gasteiger partial charge on any atom is -0.389 e. The third-order valence-electron chi connectivity index (χ3n) is 4.22. The number of amides is 1. The lowest BCUT2D eigenvalue weighted by Crippen LogP contribution is -2.44. The van der Waals surface area contributed by atoms with Crippen molar-refractivity contribution in [2.75, 3.05) is 19.8 Å². The van der Waals surface area contributed by atoms with Crippen molar-refractivity contribution in [2.24, 2.45) is 17.3 Å². The Morgan fingerprint density at radius 1 is 1.30 bits per heavy atom. The summed E-state index contributed by atoms with van der Waals surface area (Å²) in [5.74, 6) is 0.974. The van der Waals surface area contributed by atoms with Crippen molar-refractivity contribution in [1.29, 1.82) is 0 Å². The van der Waals surface area contributed by atoms with Crippen LogP contribution in [0.25, 0.3) is 0 Å². The van der Waals surface area contributed by atoms with Crippen LogP contribution in [-0.2, 0) is 9.53 Å². The Labute approximate surface area is 123 Å². The molecule has 1 aliphatic carbocycles. The van der Waals surface area contributed by atoms with Gasteiger partial charge in [-0.3, -0.25) is 4.79 Å². The molecule has 1 fully saturated rings. The summed E-state index contributed by atoms with van der Waals surface area (Å²) in [5, 5.41) is 12.7. The topological polar surface area (TPSA) is 58.6 Å². The van der Waals surface area contributed by atoms with Crippen LogP contribution in [0.2, 0.25) is 0 Å². The number of rotatable bonds is 8. The zero-order valence-electron chi connectivity index (χ0n) is 13.4. The normalized spacial score (nSPS) is 18.5. The fourth-order valence-electron chi connectivity index (χ4n) is 2.77. The maximum atomic E-state index is 12.3. The molecular formula is C16H31NO3. The second-order valence-electron chi connectivity index (χ2n) is 7.00. The largest absolute Gasteiger partial charge is 0.389 e. The van der Waals surface area contributed by atoms with E-state index in [4.69, 9.17) is 4.74 Å². The van der Waals surface area contributed by atoms with Gasteiger partial charge in [-0.05, 0) is 24.7 Å². The molecule has 118 valence electrons. The lowest BCUT2D eigenvalue weighted by molar-refractivity contribution is -0.132. The van der Waals surface area contributed by atoms with Crippen LogP contribution in [-0.4, -0.2) is 36.9 Å². The first-order chi connectivity index (χ1) is 9.34. The van der Waals surface area contributed by atoms with Crippen molar-refractivity contribution in [2.45, 2.75) is 59.5 Å². The average molecular weight is 285 g/mol. The van der Waals surface area contributed by atoms with Crippen molar-refractivity contribution in [3.8, 4) is 0 Å². The van der Waals surface area contributed by atoms with Crippen LogP contribution in [0.3, 0.4) is 0 Å². The van der Waals surface area contributed by atoms with Gasteiger partial charge in [-0.1, -0.05) is 40.5 Å². The van der Waals surface area contributed by atoms with Crippen molar-refractivity contribution in [3.63, 3.8) is 0 Å². The Bertz CT molecular complexity index is 296. The molecule has 0 aromatic rings. The zero-order chi connectivity index (χ0) is 15.2. The summed E-state index contributed by atoms with van der Waals surface area (Å²) in [7, 11) is 0. The van der Waals surface area contributed by atoms with Gasteiger partial charge in [0.25, 0.3) is 0 Å². The molecule has 2 N–H and O–H groups in total. The van der Waals surface area contributed by atoms with E-state index in [1.54, 1.807) is 0 Å². The molecule has 0 radical (unpaired) electrons. The van der Waals surface area contributed by atoms with Gasteiger partial charge in [0.1, 0.15) is 0 Å². The van der Waals surface area contributed by atoms with E-state index in [-0.39, 0.29) is 24.5 Å². The third-order valence-corrected chi connectivity index (χ3v) is 4.22. The number of carbonyl (C=O) groups excluding carboxylic acids is 1. The molecule has 0 bridgehead atoms. The highest BCUT2D eigenvalue weighted by Gasteiger charge is 2.37. The van der Waals surface area contributed by atoms with Crippen LogP contribution in [0.4, 0.5) is 0 Å². The number of hydrogen-bond donors (Lipinski definition) is 2. The minimum atomic E-state index is -0.628. The van der Waals surface area contributed by atoms with Gasteiger partial charge in [-0.15, -0.1) is 0 Å². The van der Waals surface area contributed by atoms with Crippen molar-refractivity contribution in [1.82, 2.24) is 5.32 Å². The molecule has 4 heteroatoms. The number of hydrogen-bond acceptors (Lipinski definition) is 3. The van der Waals surface area contributed by atoms with E-state index in [9.17, 15) is 9.90 Å². The Balaban J connectivity index is 2.27. The molecule has 1 atom stereocenters. The predicted octanol–water partition coefficient (Wildman–Crippen LogP) is 2.35.